The van der Waals surface area contributed by atoms with Gasteiger partial charge in [-0.15, -0.1) is 0 Å². The van der Waals surface area contributed by atoms with E-state index >= 15 is 0 Å². The first-order valence-corrected chi connectivity index (χ1v) is 9.55. The molecule has 0 bridgehead atoms. The second-order valence-corrected chi connectivity index (χ2v) is 6.96. The van der Waals surface area contributed by atoms with Crippen molar-refractivity contribution >= 4 is 7.75 Å². The van der Waals surface area contributed by atoms with Gasteiger partial charge in [0.2, 0.25) is 0 Å². The molecule has 0 saturated heterocycles. The molecular weight excluding hydrogens is 325 g/mol. The average molecular weight is 349 g/mol. The van der Waals surface area contributed by atoms with Crippen LogP contribution in [0.4, 0.5) is 0 Å². The van der Waals surface area contributed by atoms with Crippen molar-refractivity contribution in [2.24, 2.45) is 0 Å². The van der Waals surface area contributed by atoms with Crippen molar-refractivity contribution in [2.75, 3.05) is 13.2 Å². The fourth-order valence-electron chi connectivity index (χ4n) is 2.16. The highest BCUT2D eigenvalue weighted by molar-refractivity contribution is 7.51. The Kier molecular flexibility index (Phi) is 7.63. The van der Waals surface area contributed by atoms with Crippen LogP contribution >= 0.6 is 7.75 Å². The molecule has 0 amide bonds. The maximum atomic E-state index is 13.1. The average Bonchev–Trinajstić information content (AvgIpc) is 2.61. The van der Waals surface area contributed by atoms with Crippen LogP contribution in [0.2, 0.25) is 0 Å². The fourth-order valence-corrected chi connectivity index (χ4v) is 3.68. The molecule has 0 unspecified atom stereocenters. The van der Waals surface area contributed by atoms with Gasteiger partial charge in [-0.25, -0.2) is 4.57 Å². The Labute approximate surface area is 143 Å². The molecule has 0 spiro atoms. The number of hydroxylamine groups is 1. The molecule has 2 aromatic rings. The van der Waals surface area contributed by atoms with Gasteiger partial charge in [-0.2, -0.15) is 0 Å². The van der Waals surface area contributed by atoms with Crippen molar-refractivity contribution in [1.82, 2.24) is 4.83 Å². The minimum absolute atomic E-state index is 0.275. The highest BCUT2D eigenvalue weighted by atomic mass is 31.2. The van der Waals surface area contributed by atoms with Gasteiger partial charge < -0.3 is 0 Å². The van der Waals surface area contributed by atoms with E-state index in [1.807, 2.05) is 60.7 Å². The summed E-state index contributed by atoms with van der Waals surface area (Å²) in [5.74, 6) is 0. The Balaban J connectivity index is 2.17. The summed E-state index contributed by atoms with van der Waals surface area (Å²) in [6, 6.07) is 19.4. The van der Waals surface area contributed by atoms with Crippen molar-refractivity contribution < 1.29 is 18.5 Å². The number of benzene rings is 2. The molecule has 130 valence electrons. The molecule has 0 aliphatic rings. The van der Waals surface area contributed by atoms with Gasteiger partial charge in [-0.05, 0) is 25.0 Å². The molecule has 24 heavy (non-hydrogen) atoms. The van der Waals surface area contributed by atoms with Crippen LogP contribution in [0.5, 0.6) is 0 Å². The van der Waals surface area contributed by atoms with Crippen LogP contribution in [0.1, 0.15) is 25.0 Å². The third-order valence-electron chi connectivity index (χ3n) is 3.24. The lowest BCUT2D eigenvalue weighted by Crippen LogP contribution is -2.23. The third-order valence-corrected chi connectivity index (χ3v) is 5.21. The summed E-state index contributed by atoms with van der Waals surface area (Å²) in [5.41, 5.74) is 1.94. The molecule has 0 heterocycles. The highest BCUT2D eigenvalue weighted by Crippen LogP contribution is 2.53. The number of nitrogens with zero attached hydrogens (tertiary/aromatic N) is 1. The quantitative estimate of drug-likeness (QED) is 0.455. The van der Waals surface area contributed by atoms with Gasteiger partial charge in [0.25, 0.3) is 0 Å². The zero-order valence-electron chi connectivity index (χ0n) is 14.1. The molecule has 0 aliphatic heterocycles. The first-order chi connectivity index (χ1) is 11.7. The standard InChI is InChI=1S/C18H24NO4P/c1-3-22-24(20,23-4-2)19(15-17-11-7-5-8-12-17)21-16-18-13-9-6-10-14-18/h5-14H,3-4,15-16H2,1-2H3. The summed E-state index contributed by atoms with van der Waals surface area (Å²) in [5, 5.41) is 0. The van der Waals surface area contributed by atoms with E-state index in [1.165, 1.54) is 4.83 Å². The summed E-state index contributed by atoms with van der Waals surface area (Å²) in [6.07, 6.45) is 0. The smallest absolute Gasteiger partial charge is 0.296 e. The van der Waals surface area contributed by atoms with E-state index in [0.29, 0.717) is 6.54 Å². The minimum Gasteiger partial charge on any atom is -0.296 e. The predicted octanol–water partition coefficient (Wildman–Crippen LogP) is 4.80. The normalized spacial score (nSPS) is 11.8. The summed E-state index contributed by atoms with van der Waals surface area (Å²) in [7, 11) is -3.52. The van der Waals surface area contributed by atoms with Crippen molar-refractivity contribution in [3.8, 4) is 0 Å². The summed E-state index contributed by atoms with van der Waals surface area (Å²) in [4.78, 5) is 7.16. The Hall–Kier alpha value is -1.49. The maximum absolute atomic E-state index is 13.1. The van der Waals surface area contributed by atoms with E-state index in [4.69, 9.17) is 13.9 Å². The fraction of sp³-hybridized carbons (Fsp3) is 0.333. The Morgan fingerprint density at radius 1 is 0.833 bits per heavy atom. The van der Waals surface area contributed by atoms with E-state index < -0.39 is 7.75 Å². The molecule has 0 radical (unpaired) electrons. The van der Waals surface area contributed by atoms with Crippen LogP contribution in [0.25, 0.3) is 0 Å². The van der Waals surface area contributed by atoms with Crippen molar-refractivity contribution in [1.29, 1.82) is 0 Å². The van der Waals surface area contributed by atoms with Crippen LogP contribution in [0, 0.1) is 0 Å². The van der Waals surface area contributed by atoms with Crippen LogP contribution in [0.3, 0.4) is 0 Å². The van der Waals surface area contributed by atoms with Gasteiger partial charge in [0.05, 0.1) is 26.4 Å². The zero-order valence-corrected chi connectivity index (χ0v) is 15.0. The molecule has 0 N–H and O–H groups in total. The molecule has 0 aromatic heterocycles. The molecule has 0 atom stereocenters. The number of hydrogen-bond acceptors (Lipinski definition) is 4. The van der Waals surface area contributed by atoms with Crippen LogP contribution in [-0.2, 0) is 31.6 Å². The largest absolute Gasteiger partial charge is 0.431 e. The van der Waals surface area contributed by atoms with Gasteiger partial charge in [0.15, 0.2) is 0 Å². The van der Waals surface area contributed by atoms with Crippen molar-refractivity contribution in [3.05, 3.63) is 71.8 Å². The topological polar surface area (TPSA) is 48.0 Å². The van der Waals surface area contributed by atoms with Gasteiger partial charge >= 0.3 is 7.75 Å². The van der Waals surface area contributed by atoms with Crippen molar-refractivity contribution in [3.63, 3.8) is 0 Å². The first kappa shape index (κ1) is 18.8. The molecule has 0 saturated carbocycles. The van der Waals surface area contributed by atoms with Gasteiger partial charge in [0, 0.05) is 0 Å². The van der Waals surface area contributed by atoms with E-state index in [2.05, 4.69) is 0 Å². The summed E-state index contributed by atoms with van der Waals surface area (Å²) < 4.78 is 23.9. The molecule has 6 heteroatoms. The number of rotatable bonds is 10. The van der Waals surface area contributed by atoms with Crippen molar-refractivity contribution in [2.45, 2.75) is 27.0 Å². The lowest BCUT2D eigenvalue weighted by Gasteiger charge is -2.28. The molecule has 2 aromatic carbocycles. The van der Waals surface area contributed by atoms with Gasteiger partial charge in [0.1, 0.15) is 0 Å². The molecule has 0 aliphatic carbocycles. The van der Waals surface area contributed by atoms with Crippen LogP contribution in [-0.4, -0.2) is 18.0 Å². The minimum atomic E-state index is -3.52. The summed E-state index contributed by atoms with van der Waals surface area (Å²) in [6.45, 7) is 4.71. The molecule has 0 fully saturated rings. The molecular formula is C18H24NO4P. The van der Waals surface area contributed by atoms with E-state index in [1.54, 1.807) is 13.8 Å². The van der Waals surface area contributed by atoms with E-state index in [-0.39, 0.29) is 19.8 Å². The molecule has 5 nitrogen and oxygen atoms in total. The van der Waals surface area contributed by atoms with Gasteiger partial charge in [-0.1, -0.05) is 65.5 Å². The Morgan fingerprint density at radius 3 is 1.83 bits per heavy atom. The second-order valence-electron chi connectivity index (χ2n) is 5.06. The lowest BCUT2D eigenvalue weighted by atomic mass is 10.2. The zero-order chi connectivity index (χ0) is 17.3. The highest BCUT2D eigenvalue weighted by Gasteiger charge is 2.34. The maximum Gasteiger partial charge on any atom is 0.431 e. The SMILES string of the molecule is CCOP(=O)(OCC)N(Cc1ccccc1)OCc1ccccc1. The van der Waals surface area contributed by atoms with Crippen LogP contribution in [0.15, 0.2) is 60.7 Å². The van der Waals surface area contributed by atoms with E-state index in [0.717, 1.165) is 11.1 Å². The third kappa shape index (κ3) is 5.55. The molecule has 2 rings (SSSR count). The van der Waals surface area contributed by atoms with Crippen LogP contribution < -0.4 is 0 Å². The predicted molar refractivity (Wildman–Crippen MR) is 94.1 cm³/mol. The van der Waals surface area contributed by atoms with Gasteiger partial charge in [-0.3, -0.25) is 13.9 Å². The monoisotopic (exact) mass is 349 g/mol. The number of hydrogen-bond donors (Lipinski definition) is 0. The Morgan fingerprint density at radius 2 is 1.33 bits per heavy atom. The summed E-state index contributed by atoms with van der Waals surface area (Å²) >= 11 is 0. The lowest BCUT2D eigenvalue weighted by molar-refractivity contribution is -0.128. The first-order valence-electron chi connectivity index (χ1n) is 8.06. The Bertz CT molecular complexity index is 626. The van der Waals surface area contributed by atoms with E-state index in [9.17, 15) is 4.57 Å². The second kappa shape index (κ2) is 9.72.